The number of hydrogen-bond acceptors (Lipinski definition) is 8. The first-order valence-corrected chi connectivity index (χ1v) is 11.1. The van der Waals surface area contributed by atoms with Gasteiger partial charge in [-0.25, -0.2) is 4.98 Å². The summed E-state index contributed by atoms with van der Waals surface area (Å²) >= 11 is 1.37. The lowest BCUT2D eigenvalue weighted by molar-refractivity contribution is 0.0984. The molecule has 0 aliphatic carbocycles. The summed E-state index contributed by atoms with van der Waals surface area (Å²) in [5.74, 6) is 2.25. The molecule has 0 saturated heterocycles. The van der Waals surface area contributed by atoms with Crippen LogP contribution in [0.15, 0.2) is 54.9 Å². The molecule has 1 aliphatic rings. The highest BCUT2D eigenvalue weighted by Gasteiger charge is 2.25. The van der Waals surface area contributed by atoms with Crippen LogP contribution >= 0.6 is 11.3 Å². The third-order valence-corrected chi connectivity index (χ3v) is 6.32. The van der Waals surface area contributed by atoms with Gasteiger partial charge in [-0.1, -0.05) is 17.4 Å². The Hall–Kier alpha value is -3.85. The Morgan fingerprint density at radius 1 is 1.06 bits per heavy atom. The lowest BCUT2D eigenvalue weighted by Gasteiger charge is -2.22. The van der Waals surface area contributed by atoms with Crippen molar-refractivity contribution in [2.75, 3.05) is 32.3 Å². The molecule has 0 fully saturated rings. The largest absolute Gasteiger partial charge is 0.495 e. The summed E-state index contributed by atoms with van der Waals surface area (Å²) in [5.41, 5.74) is 1.99. The molecular weight excluding hydrogens is 442 g/mol. The molecular formula is C24H21N3O5S. The molecule has 1 amide bonds. The minimum Gasteiger partial charge on any atom is -0.495 e. The molecule has 4 aromatic rings. The zero-order chi connectivity index (χ0) is 22.8. The highest BCUT2D eigenvalue weighted by atomic mass is 32.1. The molecule has 0 N–H and O–H groups in total. The quantitative estimate of drug-likeness (QED) is 0.421. The Bertz CT molecular complexity index is 1270. The maximum absolute atomic E-state index is 13.7. The van der Waals surface area contributed by atoms with Crippen molar-refractivity contribution < 1.29 is 23.7 Å². The third kappa shape index (κ3) is 4.03. The van der Waals surface area contributed by atoms with E-state index in [-0.39, 0.29) is 5.91 Å². The molecule has 8 nitrogen and oxygen atoms in total. The standard InChI is InChI=1S/C24H21N3O5S/c1-29-18-7-8-19(30-2)22-21(18)26-24(33-22)27(14-15-4-3-9-25-13-15)23(28)16-5-6-17-20(12-16)32-11-10-31-17/h3-9,12-13H,10-11,14H2,1-2H3. The van der Waals surface area contributed by atoms with E-state index in [0.29, 0.717) is 59.0 Å². The van der Waals surface area contributed by atoms with Crippen LogP contribution in [0.4, 0.5) is 5.13 Å². The van der Waals surface area contributed by atoms with Gasteiger partial charge in [0.1, 0.15) is 34.9 Å². The van der Waals surface area contributed by atoms with Crippen LogP contribution in [0.3, 0.4) is 0 Å². The first-order chi connectivity index (χ1) is 16.2. The highest BCUT2D eigenvalue weighted by Crippen LogP contribution is 2.41. The van der Waals surface area contributed by atoms with E-state index in [1.54, 1.807) is 55.8 Å². The van der Waals surface area contributed by atoms with Crippen LogP contribution in [0.1, 0.15) is 15.9 Å². The summed E-state index contributed by atoms with van der Waals surface area (Å²) in [6.45, 7) is 1.23. The molecule has 168 valence electrons. The van der Waals surface area contributed by atoms with Crippen LogP contribution in [0, 0.1) is 0 Å². The minimum atomic E-state index is -0.215. The smallest absolute Gasteiger partial charge is 0.260 e. The second-order valence-electron chi connectivity index (χ2n) is 7.26. The molecule has 2 aromatic carbocycles. The van der Waals surface area contributed by atoms with Gasteiger partial charge in [-0.2, -0.15) is 0 Å². The first kappa shape index (κ1) is 21.0. The van der Waals surface area contributed by atoms with Crippen LogP contribution in [0.5, 0.6) is 23.0 Å². The van der Waals surface area contributed by atoms with Crippen molar-refractivity contribution in [1.82, 2.24) is 9.97 Å². The number of carbonyl (C=O) groups excluding carboxylic acids is 1. The van der Waals surface area contributed by atoms with Crippen LogP contribution in [-0.4, -0.2) is 43.3 Å². The predicted octanol–water partition coefficient (Wildman–Crippen LogP) is 4.33. The van der Waals surface area contributed by atoms with Gasteiger partial charge in [0.2, 0.25) is 0 Å². The Labute approximate surface area is 194 Å². The molecule has 33 heavy (non-hydrogen) atoms. The number of carbonyl (C=O) groups is 1. The van der Waals surface area contributed by atoms with Crippen LogP contribution in [-0.2, 0) is 6.54 Å². The molecule has 0 radical (unpaired) electrons. The fourth-order valence-electron chi connectivity index (χ4n) is 3.62. The Balaban J connectivity index is 1.60. The molecule has 0 atom stereocenters. The maximum Gasteiger partial charge on any atom is 0.260 e. The van der Waals surface area contributed by atoms with Crippen LogP contribution in [0.2, 0.25) is 0 Å². The molecule has 9 heteroatoms. The minimum absolute atomic E-state index is 0.215. The van der Waals surface area contributed by atoms with E-state index < -0.39 is 0 Å². The van der Waals surface area contributed by atoms with E-state index in [9.17, 15) is 4.79 Å². The van der Waals surface area contributed by atoms with Crippen molar-refractivity contribution in [2.24, 2.45) is 0 Å². The summed E-state index contributed by atoms with van der Waals surface area (Å²) in [4.78, 5) is 24.3. The highest BCUT2D eigenvalue weighted by molar-refractivity contribution is 7.22. The number of anilines is 1. The average molecular weight is 464 g/mol. The van der Waals surface area contributed by atoms with Gasteiger partial charge in [-0.05, 0) is 42.0 Å². The van der Waals surface area contributed by atoms with Gasteiger partial charge < -0.3 is 18.9 Å². The number of aromatic nitrogens is 2. The maximum atomic E-state index is 13.7. The van der Waals surface area contributed by atoms with Crippen molar-refractivity contribution in [2.45, 2.75) is 6.54 Å². The van der Waals surface area contributed by atoms with Crippen LogP contribution in [0.25, 0.3) is 10.2 Å². The van der Waals surface area contributed by atoms with Gasteiger partial charge in [0, 0.05) is 18.0 Å². The van der Waals surface area contributed by atoms with Crippen LogP contribution < -0.4 is 23.8 Å². The van der Waals surface area contributed by atoms with Crippen molar-refractivity contribution in [3.63, 3.8) is 0 Å². The Morgan fingerprint density at radius 3 is 2.61 bits per heavy atom. The number of hydrogen-bond donors (Lipinski definition) is 0. The van der Waals surface area contributed by atoms with Gasteiger partial charge in [0.25, 0.3) is 5.91 Å². The molecule has 3 heterocycles. The van der Waals surface area contributed by atoms with E-state index in [2.05, 4.69) is 4.98 Å². The molecule has 0 bridgehead atoms. The zero-order valence-corrected chi connectivity index (χ0v) is 18.9. The predicted molar refractivity (Wildman–Crippen MR) is 125 cm³/mol. The van der Waals surface area contributed by atoms with Crippen molar-refractivity contribution in [3.8, 4) is 23.0 Å². The van der Waals surface area contributed by atoms with Gasteiger partial charge >= 0.3 is 0 Å². The number of pyridine rings is 1. The Kier molecular flexibility index (Phi) is 5.70. The molecule has 2 aromatic heterocycles. The van der Waals surface area contributed by atoms with E-state index in [1.165, 1.54) is 11.3 Å². The fourth-order valence-corrected chi connectivity index (χ4v) is 4.69. The van der Waals surface area contributed by atoms with Gasteiger partial charge in [-0.15, -0.1) is 0 Å². The number of rotatable bonds is 6. The lowest BCUT2D eigenvalue weighted by atomic mass is 10.1. The molecule has 0 saturated carbocycles. The SMILES string of the molecule is COc1ccc(OC)c2sc(N(Cc3cccnc3)C(=O)c3ccc4c(c3)OCCO4)nc12. The van der Waals surface area contributed by atoms with E-state index in [4.69, 9.17) is 23.9 Å². The van der Waals surface area contributed by atoms with Crippen molar-refractivity contribution >= 4 is 32.6 Å². The van der Waals surface area contributed by atoms with Gasteiger partial charge in [0.15, 0.2) is 16.6 Å². The molecule has 0 spiro atoms. The van der Waals surface area contributed by atoms with Gasteiger partial charge in [-0.3, -0.25) is 14.7 Å². The normalized spacial score (nSPS) is 12.4. The summed E-state index contributed by atoms with van der Waals surface area (Å²) in [5, 5.41) is 0.525. The van der Waals surface area contributed by atoms with E-state index in [0.717, 1.165) is 10.3 Å². The monoisotopic (exact) mass is 463 g/mol. The first-order valence-electron chi connectivity index (χ1n) is 10.3. The lowest BCUT2D eigenvalue weighted by Crippen LogP contribution is -2.30. The average Bonchev–Trinajstić information content (AvgIpc) is 3.32. The summed E-state index contributed by atoms with van der Waals surface area (Å²) in [7, 11) is 3.20. The number of ether oxygens (including phenoxy) is 4. The molecule has 0 unspecified atom stereocenters. The van der Waals surface area contributed by atoms with Crippen molar-refractivity contribution in [1.29, 1.82) is 0 Å². The topological polar surface area (TPSA) is 83.0 Å². The van der Waals surface area contributed by atoms with Crippen molar-refractivity contribution in [3.05, 3.63) is 66.0 Å². The molecule has 1 aliphatic heterocycles. The third-order valence-electron chi connectivity index (χ3n) is 5.23. The second kappa shape index (κ2) is 8.95. The van der Waals surface area contributed by atoms with E-state index in [1.807, 2.05) is 18.2 Å². The molecule has 5 rings (SSSR count). The fraction of sp³-hybridized carbons (Fsp3) is 0.208. The second-order valence-corrected chi connectivity index (χ2v) is 8.23. The number of amides is 1. The number of nitrogens with zero attached hydrogens (tertiary/aromatic N) is 3. The number of benzene rings is 2. The summed E-state index contributed by atoms with van der Waals surface area (Å²) in [6, 6.07) is 12.6. The van der Waals surface area contributed by atoms with E-state index >= 15 is 0 Å². The zero-order valence-electron chi connectivity index (χ0n) is 18.1. The summed E-state index contributed by atoms with van der Waals surface area (Å²) < 4.78 is 23.1. The summed E-state index contributed by atoms with van der Waals surface area (Å²) in [6.07, 6.45) is 3.43. The number of methoxy groups -OCH3 is 2. The number of fused-ring (bicyclic) bond motifs is 2. The number of thiazole rings is 1. The Morgan fingerprint density at radius 2 is 1.85 bits per heavy atom. The van der Waals surface area contributed by atoms with Gasteiger partial charge in [0.05, 0.1) is 20.8 Å².